The van der Waals surface area contributed by atoms with Gasteiger partial charge in [-0.1, -0.05) is 6.92 Å². The van der Waals surface area contributed by atoms with Crippen LogP contribution in [0, 0.1) is 18.6 Å². The van der Waals surface area contributed by atoms with Crippen LogP contribution in [0.25, 0.3) is 0 Å². The van der Waals surface area contributed by atoms with Crippen LogP contribution in [0.2, 0.25) is 0 Å². The molecule has 0 unspecified atom stereocenters. The lowest BCUT2D eigenvalue weighted by atomic mass is 10.1. The summed E-state index contributed by atoms with van der Waals surface area (Å²) < 4.78 is 54.5. The van der Waals surface area contributed by atoms with Crippen molar-refractivity contribution in [3.8, 4) is 0 Å². The Hall–Kier alpha value is -0.760. The molecule has 2 rings (SSSR count). The van der Waals surface area contributed by atoms with Crippen molar-refractivity contribution in [2.75, 3.05) is 19.6 Å². The molecule has 0 aliphatic carbocycles. The average Bonchev–Trinajstić information content (AvgIpc) is 2.49. The standard InChI is InChI=1S/C15H22F2N2O2S.ClH/c1-3-8-19(12-4-6-18-7-5-12)22(20,21)15-9-11(2)13(16)10-14(15)17;/h9-10,12,18H,3-8H2,1-2H3;1H. The molecule has 1 aliphatic rings. The summed E-state index contributed by atoms with van der Waals surface area (Å²) in [5.41, 5.74) is 0.127. The van der Waals surface area contributed by atoms with Gasteiger partial charge in [-0.2, -0.15) is 4.31 Å². The van der Waals surface area contributed by atoms with Gasteiger partial charge in [0.25, 0.3) is 0 Å². The minimum absolute atomic E-state index is 0. The van der Waals surface area contributed by atoms with Crippen LogP contribution in [-0.4, -0.2) is 38.4 Å². The molecule has 1 aliphatic heterocycles. The number of sulfonamides is 1. The molecule has 0 amide bonds. The normalized spacial score (nSPS) is 16.4. The van der Waals surface area contributed by atoms with E-state index < -0.39 is 26.6 Å². The summed E-state index contributed by atoms with van der Waals surface area (Å²) in [7, 11) is -3.97. The van der Waals surface area contributed by atoms with E-state index in [2.05, 4.69) is 5.32 Å². The van der Waals surface area contributed by atoms with Crippen molar-refractivity contribution in [2.45, 2.75) is 44.0 Å². The van der Waals surface area contributed by atoms with Crippen molar-refractivity contribution in [1.82, 2.24) is 9.62 Å². The number of hydrogen-bond donors (Lipinski definition) is 1. The van der Waals surface area contributed by atoms with Crippen LogP contribution in [0.1, 0.15) is 31.7 Å². The van der Waals surface area contributed by atoms with E-state index in [-0.39, 0.29) is 24.0 Å². The van der Waals surface area contributed by atoms with E-state index >= 15 is 0 Å². The summed E-state index contributed by atoms with van der Waals surface area (Å²) in [4.78, 5) is -0.432. The summed E-state index contributed by atoms with van der Waals surface area (Å²) in [5, 5.41) is 3.19. The first-order chi connectivity index (χ1) is 10.4. The topological polar surface area (TPSA) is 49.4 Å². The van der Waals surface area contributed by atoms with Crippen LogP contribution >= 0.6 is 12.4 Å². The monoisotopic (exact) mass is 368 g/mol. The second-order valence-corrected chi connectivity index (χ2v) is 7.49. The second-order valence-electron chi connectivity index (χ2n) is 5.63. The Morgan fingerprint density at radius 1 is 1.22 bits per heavy atom. The summed E-state index contributed by atoms with van der Waals surface area (Å²) in [6.45, 7) is 5.14. The first-order valence-electron chi connectivity index (χ1n) is 7.56. The van der Waals surface area contributed by atoms with Crippen LogP contribution < -0.4 is 5.32 Å². The molecule has 1 saturated heterocycles. The van der Waals surface area contributed by atoms with Crippen LogP contribution in [0.3, 0.4) is 0 Å². The Kier molecular flexibility index (Phi) is 7.38. The SMILES string of the molecule is CCCN(C1CCNCC1)S(=O)(=O)c1cc(C)c(F)cc1F.Cl. The molecule has 0 saturated carbocycles. The first-order valence-corrected chi connectivity index (χ1v) is 9.00. The lowest BCUT2D eigenvalue weighted by molar-refractivity contribution is 0.261. The van der Waals surface area contributed by atoms with Crippen molar-refractivity contribution in [1.29, 1.82) is 0 Å². The van der Waals surface area contributed by atoms with Gasteiger partial charge in [0, 0.05) is 18.7 Å². The third kappa shape index (κ3) is 4.41. The lowest BCUT2D eigenvalue weighted by Gasteiger charge is -2.33. The Labute approximate surface area is 142 Å². The summed E-state index contributed by atoms with van der Waals surface area (Å²) >= 11 is 0. The van der Waals surface area contributed by atoms with E-state index in [1.54, 1.807) is 0 Å². The molecule has 0 bridgehead atoms. The fourth-order valence-corrected chi connectivity index (χ4v) is 4.68. The summed E-state index contributed by atoms with van der Waals surface area (Å²) in [6.07, 6.45) is 2.03. The highest BCUT2D eigenvalue weighted by atomic mass is 35.5. The third-order valence-corrected chi connectivity index (χ3v) is 5.93. The zero-order chi connectivity index (χ0) is 16.3. The highest BCUT2D eigenvalue weighted by molar-refractivity contribution is 7.89. The van der Waals surface area contributed by atoms with Gasteiger partial charge in [0.1, 0.15) is 16.5 Å². The van der Waals surface area contributed by atoms with E-state index in [1.165, 1.54) is 11.2 Å². The zero-order valence-corrected chi connectivity index (χ0v) is 14.9. The highest BCUT2D eigenvalue weighted by Crippen LogP contribution is 2.26. The van der Waals surface area contributed by atoms with Gasteiger partial charge in [0.2, 0.25) is 10.0 Å². The van der Waals surface area contributed by atoms with Crippen molar-refractivity contribution >= 4 is 22.4 Å². The fourth-order valence-electron chi connectivity index (χ4n) is 2.77. The molecule has 23 heavy (non-hydrogen) atoms. The number of hydrogen-bond acceptors (Lipinski definition) is 3. The molecule has 4 nitrogen and oxygen atoms in total. The van der Waals surface area contributed by atoms with Gasteiger partial charge in [-0.25, -0.2) is 17.2 Å². The lowest BCUT2D eigenvalue weighted by Crippen LogP contribution is -2.46. The average molecular weight is 369 g/mol. The quantitative estimate of drug-likeness (QED) is 0.869. The summed E-state index contributed by atoms with van der Waals surface area (Å²) in [6, 6.07) is 1.59. The van der Waals surface area contributed by atoms with Gasteiger partial charge in [-0.3, -0.25) is 0 Å². The van der Waals surface area contributed by atoms with Crippen LogP contribution in [0.15, 0.2) is 17.0 Å². The van der Waals surface area contributed by atoms with Gasteiger partial charge in [0.05, 0.1) is 0 Å². The van der Waals surface area contributed by atoms with Gasteiger partial charge in [0.15, 0.2) is 0 Å². The van der Waals surface area contributed by atoms with E-state index in [9.17, 15) is 17.2 Å². The molecule has 1 heterocycles. The molecule has 1 fully saturated rings. The molecule has 1 aromatic rings. The number of nitrogens with zero attached hydrogens (tertiary/aromatic N) is 1. The summed E-state index contributed by atoms with van der Waals surface area (Å²) in [5.74, 6) is -1.77. The molecule has 1 aromatic carbocycles. The number of benzene rings is 1. The zero-order valence-electron chi connectivity index (χ0n) is 13.3. The van der Waals surface area contributed by atoms with Crippen molar-refractivity contribution < 1.29 is 17.2 Å². The maximum atomic E-state index is 14.0. The molecule has 1 N–H and O–H groups in total. The predicted octanol–water partition coefficient (Wildman–Crippen LogP) is 2.85. The number of nitrogens with one attached hydrogen (secondary N) is 1. The van der Waals surface area contributed by atoms with Crippen molar-refractivity contribution in [2.24, 2.45) is 0 Å². The molecule has 0 aromatic heterocycles. The third-order valence-electron chi connectivity index (χ3n) is 3.96. The maximum absolute atomic E-state index is 14.0. The number of halogens is 3. The van der Waals surface area contributed by atoms with Crippen molar-refractivity contribution in [3.05, 3.63) is 29.3 Å². The highest BCUT2D eigenvalue weighted by Gasteiger charge is 2.33. The Bertz CT molecular complexity index is 635. The Balaban J connectivity index is 0.00000264. The molecular formula is C15H23ClF2N2O2S. The second kappa shape index (κ2) is 8.37. The van der Waals surface area contributed by atoms with Crippen LogP contribution in [0.4, 0.5) is 8.78 Å². The Morgan fingerprint density at radius 3 is 2.39 bits per heavy atom. The maximum Gasteiger partial charge on any atom is 0.246 e. The van der Waals surface area contributed by atoms with Gasteiger partial charge in [-0.15, -0.1) is 12.4 Å². The number of aryl methyl sites for hydroxylation is 1. The number of piperidine rings is 1. The van der Waals surface area contributed by atoms with Crippen LogP contribution in [0.5, 0.6) is 0 Å². The molecule has 0 atom stereocenters. The van der Waals surface area contributed by atoms with E-state index in [4.69, 9.17) is 0 Å². The van der Waals surface area contributed by atoms with Gasteiger partial charge >= 0.3 is 0 Å². The molecule has 8 heteroatoms. The first kappa shape index (κ1) is 20.3. The Morgan fingerprint density at radius 2 is 1.83 bits per heavy atom. The van der Waals surface area contributed by atoms with Gasteiger partial charge < -0.3 is 5.32 Å². The predicted molar refractivity (Wildman–Crippen MR) is 88.4 cm³/mol. The molecule has 0 radical (unpaired) electrons. The fraction of sp³-hybridized carbons (Fsp3) is 0.600. The largest absolute Gasteiger partial charge is 0.317 e. The molecule has 132 valence electrons. The minimum atomic E-state index is -3.97. The van der Waals surface area contributed by atoms with Crippen LogP contribution in [-0.2, 0) is 10.0 Å². The van der Waals surface area contributed by atoms with Gasteiger partial charge in [-0.05, 0) is 50.9 Å². The van der Waals surface area contributed by atoms with E-state index in [1.807, 2.05) is 6.92 Å². The van der Waals surface area contributed by atoms with E-state index in [0.717, 1.165) is 19.2 Å². The number of rotatable bonds is 5. The van der Waals surface area contributed by atoms with E-state index in [0.29, 0.717) is 31.9 Å². The molecule has 0 spiro atoms. The minimum Gasteiger partial charge on any atom is -0.317 e. The smallest absolute Gasteiger partial charge is 0.246 e. The molecular weight excluding hydrogens is 346 g/mol. The van der Waals surface area contributed by atoms with Crippen molar-refractivity contribution in [3.63, 3.8) is 0 Å².